The van der Waals surface area contributed by atoms with Crippen molar-refractivity contribution in [2.24, 2.45) is 0 Å². The Hall–Kier alpha value is 1.23. The van der Waals surface area contributed by atoms with E-state index < -0.39 is 5.09 Å². The van der Waals surface area contributed by atoms with Crippen LogP contribution in [-0.4, -0.2) is 71.1 Å². The van der Waals surface area contributed by atoms with Gasteiger partial charge < -0.3 is 5.21 Å². The van der Waals surface area contributed by atoms with E-state index >= 15 is 0 Å². The van der Waals surface area contributed by atoms with Crippen LogP contribution < -0.4 is 0 Å². The Bertz CT molecular complexity index is 33.8. The van der Waals surface area contributed by atoms with Gasteiger partial charge in [0.25, 0.3) is 5.09 Å². The molecule has 0 saturated heterocycles. The topological polar surface area (TPSA) is 63.4 Å². The molecule has 0 heterocycles. The third kappa shape index (κ3) is 62.1. The third-order valence-corrected chi connectivity index (χ3v) is 0. The molecule has 0 aromatic rings. The van der Waals surface area contributed by atoms with Crippen molar-refractivity contribution in [1.82, 2.24) is 0 Å². The van der Waals surface area contributed by atoms with E-state index in [2.05, 4.69) is 0 Å². The van der Waals surface area contributed by atoms with Crippen molar-refractivity contribution >= 4 is 60.8 Å². The van der Waals surface area contributed by atoms with Crippen LogP contribution in [0.2, 0.25) is 0 Å². The maximum absolute atomic E-state index is 8.36. The molecule has 0 aromatic carbocycles. The second-order valence-electron chi connectivity index (χ2n) is 0.238. The Labute approximate surface area is 80.2 Å². The second kappa shape index (κ2) is 9.52. The zero-order chi connectivity index (χ0) is 3.58. The number of hydrogen-bond acceptors (Lipinski definition) is 2. The van der Waals surface area contributed by atoms with E-state index in [1.807, 2.05) is 0 Å². The van der Waals surface area contributed by atoms with Crippen molar-refractivity contribution in [2.75, 3.05) is 0 Å². The van der Waals surface area contributed by atoms with E-state index in [-0.39, 0.29) is 60.8 Å². The van der Waals surface area contributed by atoms with Gasteiger partial charge in [-0.05, 0) is 0 Å². The van der Waals surface area contributed by atoms with Crippen LogP contribution in [0.1, 0.15) is 0 Å². The average molecular weight is 131 g/mol. The van der Waals surface area contributed by atoms with Crippen LogP contribution >= 0.6 is 0 Å². The first-order valence-electron chi connectivity index (χ1n) is 0.565. The molecule has 0 radical (unpaired) electrons. The molecule has 0 atom stereocenters. The molecule has 0 aliphatic carbocycles. The van der Waals surface area contributed by atoms with E-state index in [9.17, 15) is 0 Å². The molecule has 0 bridgehead atoms. The Morgan fingerprint density at radius 2 is 1.67 bits per heavy atom. The molecule has 0 unspecified atom stereocenters. The van der Waals surface area contributed by atoms with Gasteiger partial charge in [-0.25, -0.2) is 0 Å². The zero-order valence-corrected chi connectivity index (χ0v) is 1.71. The summed E-state index contributed by atoms with van der Waals surface area (Å²) in [6.45, 7) is 0. The maximum atomic E-state index is 8.36. The first kappa shape index (κ1) is 15.7. The molecule has 4 nitrogen and oxygen atoms in total. The third-order valence-electron chi connectivity index (χ3n) is 0. The fraction of sp³-hybridized carbons (Fsp3) is 0. The molecule has 0 aliphatic rings. The van der Waals surface area contributed by atoms with Crippen LogP contribution in [0.15, 0.2) is 0 Å². The van der Waals surface area contributed by atoms with Crippen LogP contribution in [0.25, 0.3) is 0 Å². The summed E-state index contributed by atoms with van der Waals surface area (Å²) in [6.07, 6.45) is 0. The molecule has 0 saturated carbocycles. The van der Waals surface area contributed by atoms with E-state index in [4.69, 9.17) is 15.3 Å². The second-order valence-corrected chi connectivity index (χ2v) is 0.238. The normalized spacial score (nSPS) is 4.00. The Morgan fingerprint density at radius 1 is 1.67 bits per heavy atom. The van der Waals surface area contributed by atoms with Crippen LogP contribution in [0.5, 0.6) is 0 Å². The molecular formula is H5CaMgNO3. The smallest absolute Gasteiger partial charge is 0.316 e. The van der Waals surface area contributed by atoms with Crippen molar-refractivity contribution in [3.05, 3.63) is 10.1 Å². The van der Waals surface area contributed by atoms with Crippen molar-refractivity contribution < 1.29 is 10.3 Å². The molecule has 1 N–H and O–H groups in total. The molecule has 32 valence electrons. The summed E-state index contributed by atoms with van der Waals surface area (Å²) in [5, 5.41) is 13.6. The fourth-order valence-electron chi connectivity index (χ4n) is 0. The minimum Gasteiger partial charge on any atom is 0.316 e. The van der Waals surface area contributed by atoms with Gasteiger partial charge in [0, 0.05) is 0 Å². The van der Waals surface area contributed by atoms with E-state index in [0.29, 0.717) is 0 Å². The van der Waals surface area contributed by atoms with Crippen molar-refractivity contribution in [2.45, 2.75) is 0 Å². The van der Waals surface area contributed by atoms with E-state index in [1.165, 1.54) is 0 Å². The van der Waals surface area contributed by atoms with Crippen LogP contribution in [0, 0.1) is 10.1 Å². The summed E-state index contributed by atoms with van der Waals surface area (Å²) in [5.74, 6) is 0. The first-order chi connectivity index (χ1) is 1.73. The zero-order valence-electron chi connectivity index (χ0n) is 1.71. The van der Waals surface area contributed by atoms with Gasteiger partial charge in [-0.15, -0.1) is 10.1 Å². The maximum Gasteiger partial charge on any atom is 0.316 e. The molecule has 0 aromatic heterocycles. The molecule has 6 heavy (non-hydrogen) atoms. The number of hydrogen-bond donors (Lipinski definition) is 1. The molecule has 0 fully saturated rings. The molecular weight excluding hydrogens is 126 g/mol. The van der Waals surface area contributed by atoms with Gasteiger partial charge in [0.1, 0.15) is 0 Å². The largest absolute Gasteiger partial charge is 0.316 e. The minimum atomic E-state index is -1.50. The van der Waals surface area contributed by atoms with Crippen molar-refractivity contribution in [3.8, 4) is 0 Å². The minimum absolute atomic E-state index is 0. The summed E-state index contributed by atoms with van der Waals surface area (Å²) in [7, 11) is 0. The average Bonchev–Trinajstić information content (AvgIpc) is 0.811. The van der Waals surface area contributed by atoms with Gasteiger partial charge in [0.15, 0.2) is 0 Å². The summed E-state index contributed by atoms with van der Waals surface area (Å²) in [5.41, 5.74) is 0. The quantitative estimate of drug-likeness (QED) is 0.231. The fourth-order valence-corrected chi connectivity index (χ4v) is 0. The molecule has 0 spiro atoms. The monoisotopic (exact) mass is 131 g/mol. The van der Waals surface area contributed by atoms with E-state index in [1.54, 1.807) is 0 Å². The Balaban J connectivity index is -0.0000000450. The van der Waals surface area contributed by atoms with Crippen LogP contribution in [0.4, 0.5) is 0 Å². The Kier molecular flexibility index (Phi) is 24.9. The standard InChI is InChI=1S/Ca.Mg.HNO3.4H/c;;2-1(3)4;;;;/h;;(H,2,3,4);;;;. The number of nitrogens with zero attached hydrogens (tertiary/aromatic N) is 1. The van der Waals surface area contributed by atoms with Gasteiger partial charge >= 0.3 is 60.8 Å². The van der Waals surface area contributed by atoms with Gasteiger partial charge in [0.05, 0.1) is 0 Å². The molecule has 6 heteroatoms. The van der Waals surface area contributed by atoms with Gasteiger partial charge in [0.2, 0.25) is 0 Å². The van der Waals surface area contributed by atoms with Gasteiger partial charge in [-0.2, -0.15) is 0 Å². The van der Waals surface area contributed by atoms with E-state index in [0.717, 1.165) is 0 Å². The summed E-state index contributed by atoms with van der Waals surface area (Å²) in [4.78, 5) is 8.36. The summed E-state index contributed by atoms with van der Waals surface area (Å²) < 4.78 is 0. The predicted octanol–water partition coefficient (Wildman–Crippen LogP) is -2.18. The van der Waals surface area contributed by atoms with Crippen LogP contribution in [0.3, 0.4) is 0 Å². The van der Waals surface area contributed by atoms with Gasteiger partial charge in [-0.3, -0.25) is 0 Å². The van der Waals surface area contributed by atoms with Crippen LogP contribution in [-0.2, 0) is 0 Å². The molecule has 0 aliphatic heterocycles. The Morgan fingerprint density at radius 3 is 1.67 bits per heavy atom. The molecule has 0 amide bonds. The summed E-state index contributed by atoms with van der Waals surface area (Å²) in [6, 6.07) is 0. The number of rotatable bonds is 0. The first-order valence-corrected chi connectivity index (χ1v) is 0.565. The summed E-state index contributed by atoms with van der Waals surface area (Å²) >= 11 is 0. The van der Waals surface area contributed by atoms with Crippen molar-refractivity contribution in [1.29, 1.82) is 0 Å². The van der Waals surface area contributed by atoms with Gasteiger partial charge in [-0.1, -0.05) is 0 Å². The predicted molar refractivity (Wildman–Crippen MR) is 25.9 cm³/mol. The van der Waals surface area contributed by atoms with Crippen molar-refractivity contribution in [3.63, 3.8) is 0 Å². The molecule has 0 rings (SSSR count). The SMILES string of the molecule is O=[N+]([O-])O.[CaH2].[MgH2].